The average molecular weight is 337 g/mol. The Morgan fingerprint density at radius 2 is 2.00 bits per heavy atom. The van der Waals surface area contributed by atoms with Gasteiger partial charge in [-0.15, -0.1) is 10.2 Å². The fraction of sp³-hybridized carbons (Fsp3) is 0.375. The van der Waals surface area contributed by atoms with Gasteiger partial charge in [-0.2, -0.15) is 4.72 Å². The van der Waals surface area contributed by atoms with Crippen LogP contribution in [0.5, 0.6) is 0 Å². The van der Waals surface area contributed by atoms with Crippen LogP contribution in [0.2, 0.25) is 0 Å². The topological polar surface area (TPSA) is 181 Å². The highest BCUT2D eigenvalue weighted by molar-refractivity contribution is 7.91. The van der Waals surface area contributed by atoms with Crippen molar-refractivity contribution in [2.75, 3.05) is 5.32 Å². The van der Waals surface area contributed by atoms with Gasteiger partial charge in [0.15, 0.2) is 0 Å². The molecule has 5 N–H and O–H groups in total. The van der Waals surface area contributed by atoms with Gasteiger partial charge in [0.1, 0.15) is 6.04 Å². The fourth-order valence-electron chi connectivity index (χ4n) is 1.14. The fourth-order valence-corrected chi connectivity index (χ4v) is 3.29. The first-order valence-corrected chi connectivity index (χ1v) is 7.56. The predicted molar refractivity (Wildman–Crippen MR) is 69.8 cm³/mol. The molecule has 1 heterocycles. The van der Waals surface area contributed by atoms with E-state index < -0.39 is 44.6 Å². The van der Waals surface area contributed by atoms with Crippen molar-refractivity contribution < 1.29 is 27.9 Å². The molecule has 0 spiro atoms. The Balaban J connectivity index is 2.94. The number of carbonyl (C=O) groups excluding carboxylic acids is 2. The van der Waals surface area contributed by atoms with Crippen LogP contribution in [0.4, 0.5) is 5.13 Å². The highest BCUT2D eigenvalue weighted by atomic mass is 32.2. The maximum Gasteiger partial charge on any atom is 0.322 e. The Labute approximate surface area is 122 Å². The highest BCUT2D eigenvalue weighted by Gasteiger charge is 2.29. The molecular formula is C8H11N5O6S2. The summed E-state index contributed by atoms with van der Waals surface area (Å²) in [5, 5.41) is 17.7. The highest BCUT2D eigenvalue weighted by Crippen LogP contribution is 2.20. The maximum atomic E-state index is 11.9. The lowest BCUT2D eigenvalue weighted by molar-refractivity contribution is -0.140. The van der Waals surface area contributed by atoms with Crippen LogP contribution in [0.3, 0.4) is 0 Å². The molecular weight excluding hydrogens is 326 g/mol. The van der Waals surface area contributed by atoms with Crippen molar-refractivity contribution >= 4 is 44.3 Å². The minimum atomic E-state index is -4.31. The second kappa shape index (κ2) is 6.55. The lowest BCUT2D eigenvalue weighted by atomic mass is 10.2. The van der Waals surface area contributed by atoms with Gasteiger partial charge in [-0.1, -0.05) is 11.3 Å². The van der Waals surface area contributed by atoms with Crippen molar-refractivity contribution in [3.63, 3.8) is 0 Å². The average Bonchev–Trinajstić information content (AvgIpc) is 2.75. The van der Waals surface area contributed by atoms with Gasteiger partial charge in [0.05, 0.1) is 6.42 Å². The van der Waals surface area contributed by atoms with Crippen molar-refractivity contribution in [3.8, 4) is 0 Å². The van der Waals surface area contributed by atoms with E-state index in [4.69, 9.17) is 10.8 Å². The Hall–Kier alpha value is -2.12. The molecule has 0 aliphatic rings. The largest absolute Gasteiger partial charge is 0.480 e. The minimum Gasteiger partial charge on any atom is -0.480 e. The van der Waals surface area contributed by atoms with E-state index in [0.29, 0.717) is 11.3 Å². The summed E-state index contributed by atoms with van der Waals surface area (Å²) in [5.41, 5.74) is 4.84. The van der Waals surface area contributed by atoms with Crippen LogP contribution >= 0.6 is 11.3 Å². The normalized spacial score (nSPS) is 12.6. The Morgan fingerprint density at radius 1 is 1.38 bits per heavy atom. The van der Waals surface area contributed by atoms with Crippen molar-refractivity contribution in [1.82, 2.24) is 14.9 Å². The van der Waals surface area contributed by atoms with E-state index in [1.54, 1.807) is 4.72 Å². The number of nitrogens with two attached hydrogens (primary N) is 1. The number of carboxylic acids is 1. The van der Waals surface area contributed by atoms with Crippen LogP contribution in [0.1, 0.15) is 13.3 Å². The van der Waals surface area contributed by atoms with E-state index in [9.17, 15) is 22.8 Å². The molecule has 11 nitrogen and oxygen atoms in total. The molecule has 0 aromatic carbocycles. The molecule has 0 unspecified atom stereocenters. The van der Waals surface area contributed by atoms with Gasteiger partial charge in [-0.05, 0) is 0 Å². The van der Waals surface area contributed by atoms with Crippen LogP contribution < -0.4 is 15.8 Å². The van der Waals surface area contributed by atoms with E-state index in [1.165, 1.54) is 6.92 Å². The number of carbonyl (C=O) groups is 3. The first-order valence-electron chi connectivity index (χ1n) is 5.26. The SMILES string of the molecule is CC(=O)Nc1nnc(S(=O)(=O)N[C@@H](CC(N)=O)C(=O)O)s1. The van der Waals surface area contributed by atoms with Crippen LogP contribution in [-0.4, -0.2) is 47.5 Å². The van der Waals surface area contributed by atoms with Crippen LogP contribution in [0.25, 0.3) is 0 Å². The van der Waals surface area contributed by atoms with Gasteiger partial charge in [-0.25, -0.2) is 8.42 Å². The number of amides is 2. The summed E-state index contributed by atoms with van der Waals surface area (Å²) < 4.78 is 25.0. The number of carboxylic acid groups (broad SMARTS) is 1. The quantitative estimate of drug-likeness (QED) is 0.416. The van der Waals surface area contributed by atoms with Gasteiger partial charge >= 0.3 is 5.97 Å². The van der Waals surface area contributed by atoms with Gasteiger partial charge in [0, 0.05) is 6.92 Å². The molecule has 116 valence electrons. The minimum absolute atomic E-state index is 0.0651. The standard InChI is InChI=1S/C8H11N5O6S2/c1-3(14)10-7-11-12-8(20-7)21(18,19)13-4(6(16)17)2-5(9)15/h4,13H,2H2,1H3,(H2,9,15)(H,16,17)(H,10,11,14)/t4-/m0/s1. The monoisotopic (exact) mass is 337 g/mol. The summed E-state index contributed by atoms with van der Waals surface area (Å²) in [6.07, 6.45) is -0.716. The van der Waals surface area contributed by atoms with Crippen molar-refractivity contribution in [3.05, 3.63) is 0 Å². The molecule has 1 atom stereocenters. The molecule has 0 saturated heterocycles. The van der Waals surface area contributed by atoms with Gasteiger partial charge in [0.2, 0.25) is 21.3 Å². The zero-order chi connectivity index (χ0) is 16.2. The third kappa shape index (κ3) is 5.05. The summed E-state index contributed by atoms with van der Waals surface area (Å²) in [4.78, 5) is 32.4. The lowest BCUT2D eigenvalue weighted by Gasteiger charge is -2.11. The third-order valence-electron chi connectivity index (χ3n) is 1.92. The maximum absolute atomic E-state index is 11.9. The van der Waals surface area contributed by atoms with E-state index in [1.807, 2.05) is 0 Å². The van der Waals surface area contributed by atoms with E-state index in [2.05, 4.69) is 15.5 Å². The molecule has 0 aliphatic heterocycles. The number of hydrogen-bond acceptors (Lipinski definition) is 8. The number of hydrogen-bond donors (Lipinski definition) is 4. The molecule has 0 radical (unpaired) electrons. The molecule has 21 heavy (non-hydrogen) atoms. The molecule has 1 aromatic heterocycles. The number of nitrogens with one attached hydrogen (secondary N) is 2. The van der Waals surface area contributed by atoms with Gasteiger partial charge < -0.3 is 16.2 Å². The number of aromatic nitrogens is 2. The molecule has 0 aliphatic carbocycles. The molecule has 13 heteroatoms. The van der Waals surface area contributed by atoms with Crippen molar-refractivity contribution in [2.24, 2.45) is 5.73 Å². The number of rotatable bonds is 7. The molecule has 2 amide bonds. The Bertz CT molecular complexity index is 668. The number of nitrogens with zero attached hydrogens (tertiary/aromatic N) is 2. The summed E-state index contributed by atoms with van der Waals surface area (Å²) in [6.45, 7) is 1.20. The van der Waals surface area contributed by atoms with Crippen LogP contribution in [0, 0.1) is 0 Å². The number of aliphatic carboxylic acids is 1. The molecule has 1 aromatic rings. The summed E-state index contributed by atoms with van der Waals surface area (Å²) in [5.74, 6) is -3.02. The molecule has 0 bridgehead atoms. The second-order valence-electron chi connectivity index (χ2n) is 3.74. The summed E-state index contributed by atoms with van der Waals surface area (Å²) >= 11 is 0.527. The van der Waals surface area contributed by atoms with E-state index in [0.717, 1.165) is 0 Å². The number of primary amides is 1. The Morgan fingerprint density at radius 3 is 2.48 bits per heavy atom. The van der Waals surface area contributed by atoms with E-state index in [-0.39, 0.29) is 5.13 Å². The van der Waals surface area contributed by atoms with Crippen LogP contribution in [-0.2, 0) is 24.4 Å². The molecule has 0 fully saturated rings. The predicted octanol–water partition coefficient (Wildman–Crippen LogP) is -1.90. The van der Waals surface area contributed by atoms with Crippen molar-refractivity contribution in [1.29, 1.82) is 0 Å². The van der Waals surface area contributed by atoms with Gasteiger partial charge in [-0.3, -0.25) is 14.4 Å². The molecule has 0 saturated carbocycles. The zero-order valence-electron chi connectivity index (χ0n) is 10.6. The number of anilines is 1. The number of sulfonamides is 1. The van der Waals surface area contributed by atoms with Crippen LogP contribution in [0.15, 0.2) is 4.34 Å². The third-order valence-corrected chi connectivity index (χ3v) is 4.60. The first kappa shape index (κ1) is 16.9. The first-order chi connectivity index (χ1) is 9.61. The smallest absolute Gasteiger partial charge is 0.322 e. The van der Waals surface area contributed by atoms with Gasteiger partial charge in [0.25, 0.3) is 10.0 Å². The summed E-state index contributed by atoms with van der Waals surface area (Å²) in [6, 6.07) is -1.72. The summed E-state index contributed by atoms with van der Waals surface area (Å²) in [7, 11) is -4.31. The van der Waals surface area contributed by atoms with Crippen molar-refractivity contribution in [2.45, 2.75) is 23.7 Å². The zero-order valence-corrected chi connectivity index (χ0v) is 12.2. The second-order valence-corrected chi connectivity index (χ2v) is 6.60. The lowest BCUT2D eigenvalue weighted by Crippen LogP contribution is -2.43. The Kier molecular flexibility index (Phi) is 5.28. The molecule has 1 rings (SSSR count). The van der Waals surface area contributed by atoms with E-state index >= 15 is 0 Å².